The Morgan fingerprint density at radius 1 is 1.55 bits per heavy atom. The van der Waals surface area contributed by atoms with Crippen LogP contribution in [0.25, 0.3) is 0 Å². The van der Waals surface area contributed by atoms with E-state index in [9.17, 15) is 8.42 Å². The van der Waals surface area contributed by atoms with Crippen LogP contribution >= 0.6 is 0 Å². The molecule has 0 aliphatic heterocycles. The predicted octanol–water partition coefficient (Wildman–Crippen LogP) is 0.326. The molecule has 0 fully saturated rings. The van der Waals surface area contributed by atoms with Gasteiger partial charge >= 0.3 is 0 Å². The molecule has 0 spiro atoms. The number of allylic oxidation sites excluding steroid dienone is 1. The van der Waals surface area contributed by atoms with Crippen molar-refractivity contribution in [3.8, 4) is 0 Å². The number of nitrogens with two attached hydrogens (primary N) is 1. The van der Waals surface area contributed by atoms with Gasteiger partial charge in [0.15, 0.2) is 9.84 Å². The fourth-order valence-corrected chi connectivity index (χ4v) is 2.05. The molecule has 0 aromatic rings. The minimum absolute atomic E-state index is 0.0815. The second kappa shape index (κ2) is 4.51. The van der Waals surface area contributed by atoms with Gasteiger partial charge in [0, 0.05) is 6.54 Å². The molecule has 0 atom stereocenters. The molecular weight excluding hydrogens is 162 g/mol. The van der Waals surface area contributed by atoms with Gasteiger partial charge in [-0.05, 0) is 13.8 Å². The minimum Gasteiger partial charge on any atom is -0.329 e. The predicted molar refractivity (Wildman–Crippen MR) is 47.1 cm³/mol. The monoisotopic (exact) mass is 177 g/mol. The zero-order valence-electron chi connectivity index (χ0n) is 7.00. The first-order valence-corrected chi connectivity index (χ1v) is 5.36. The molecule has 0 saturated heterocycles. The number of rotatable bonds is 4. The lowest BCUT2D eigenvalue weighted by molar-refractivity contribution is 0.598. The third-order valence-corrected chi connectivity index (χ3v) is 3.12. The molecule has 0 aliphatic carbocycles. The van der Waals surface area contributed by atoms with E-state index in [1.807, 2.05) is 6.92 Å². The fraction of sp³-hybridized carbons (Fsp3) is 0.714. The van der Waals surface area contributed by atoms with Gasteiger partial charge < -0.3 is 5.73 Å². The van der Waals surface area contributed by atoms with E-state index in [0.29, 0.717) is 0 Å². The van der Waals surface area contributed by atoms with Gasteiger partial charge in [-0.15, -0.1) is 0 Å². The lowest BCUT2D eigenvalue weighted by Crippen LogP contribution is -2.18. The molecule has 0 radical (unpaired) electrons. The summed E-state index contributed by atoms with van der Waals surface area (Å²) in [4.78, 5) is 0. The van der Waals surface area contributed by atoms with Crippen molar-refractivity contribution in [2.45, 2.75) is 13.8 Å². The van der Waals surface area contributed by atoms with Crippen molar-refractivity contribution in [2.75, 3.05) is 18.1 Å². The van der Waals surface area contributed by atoms with Crippen LogP contribution in [0.1, 0.15) is 13.8 Å². The summed E-state index contributed by atoms with van der Waals surface area (Å²) < 4.78 is 22.2. The molecule has 0 bridgehead atoms. The van der Waals surface area contributed by atoms with Crippen molar-refractivity contribution < 1.29 is 8.42 Å². The van der Waals surface area contributed by atoms with Crippen LogP contribution in [0.3, 0.4) is 0 Å². The second-order valence-corrected chi connectivity index (χ2v) is 4.70. The highest BCUT2D eigenvalue weighted by Crippen LogP contribution is 1.99. The molecule has 0 amide bonds. The van der Waals surface area contributed by atoms with E-state index < -0.39 is 9.84 Å². The Hall–Kier alpha value is -0.350. The first-order chi connectivity index (χ1) is 5.02. The number of sulfone groups is 1. The first kappa shape index (κ1) is 10.7. The maximum Gasteiger partial charge on any atom is 0.155 e. The molecule has 2 N–H and O–H groups in total. The van der Waals surface area contributed by atoms with Crippen molar-refractivity contribution in [1.29, 1.82) is 0 Å². The summed E-state index contributed by atoms with van der Waals surface area (Å²) in [5, 5.41) is 0. The molecule has 3 nitrogen and oxygen atoms in total. The standard InChI is InChI=1S/C7H15NO2S/c1-3-7(2)6-11(9,10)5-4-8/h3H,4-6,8H2,1-2H3. The van der Waals surface area contributed by atoms with Crippen LogP contribution in [-0.2, 0) is 9.84 Å². The van der Waals surface area contributed by atoms with Crippen LogP contribution in [0.4, 0.5) is 0 Å². The van der Waals surface area contributed by atoms with Crippen LogP contribution in [-0.4, -0.2) is 26.5 Å². The quantitative estimate of drug-likeness (QED) is 0.629. The van der Waals surface area contributed by atoms with Crippen LogP contribution in [0, 0.1) is 0 Å². The Morgan fingerprint density at radius 2 is 2.09 bits per heavy atom. The average Bonchev–Trinajstić information content (AvgIpc) is 1.86. The Kier molecular flexibility index (Phi) is 4.37. The third kappa shape index (κ3) is 4.98. The highest BCUT2D eigenvalue weighted by atomic mass is 32.2. The van der Waals surface area contributed by atoms with Crippen LogP contribution in [0.2, 0.25) is 0 Å². The Labute approximate surface area is 68.2 Å². The summed E-state index contributed by atoms with van der Waals surface area (Å²) in [6.07, 6.45) is 1.80. The Balaban J connectivity index is 4.14. The molecule has 0 aromatic carbocycles. The zero-order chi connectivity index (χ0) is 8.91. The molecular formula is C7H15NO2S. The van der Waals surface area contributed by atoms with E-state index in [-0.39, 0.29) is 18.1 Å². The lowest BCUT2D eigenvalue weighted by Gasteiger charge is -2.01. The normalized spacial score (nSPS) is 13.5. The minimum atomic E-state index is -2.94. The van der Waals surface area contributed by atoms with E-state index in [4.69, 9.17) is 5.73 Å². The third-order valence-electron chi connectivity index (χ3n) is 1.37. The molecule has 0 heterocycles. The molecule has 11 heavy (non-hydrogen) atoms. The number of hydrogen-bond donors (Lipinski definition) is 1. The highest BCUT2D eigenvalue weighted by Gasteiger charge is 2.08. The van der Waals surface area contributed by atoms with E-state index in [2.05, 4.69) is 0 Å². The summed E-state index contributed by atoms with van der Waals surface area (Å²) in [6, 6.07) is 0. The van der Waals surface area contributed by atoms with Crippen molar-refractivity contribution in [2.24, 2.45) is 5.73 Å². The van der Waals surface area contributed by atoms with Gasteiger partial charge in [-0.3, -0.25) is 0 Å². The van der Waals surface area contributed by atoms with Gasteiger partial charge in [0.25, 0.3) is 0 Å². The lowest BCUT2D eigenvalue weighted by atomic mass is 10.3. The van der Waals surface area contributed by atoms with E-state index in [1.165, 1.54) is 0 Å². The molecule has 0 rings (SSSR count). The fourth-order valence-electron chi connectivity index (χ4n) is 0.682. The number of hydrogen-bond acceptors (Lipinski definition) is 3. The van der Waals surface area contributed by atoms with Crippen LogP contribution in [0.15, 0.2) is 11.6 Å². The maximum atomic E-state index is 11.1. The average molecular weight is 177 g/mol. The summed E-state index contributed by atoms with van der Waals surface area (Å²) in [5.74, 6) is 0.221. The summed E-state index contributed by atoms with van der Waals surface area (Å²) in [6.45, 7) is 3.83. The van der Waals surface area contributed by atoms with Gasteiger partial charge in [-0.25, -0.2) is 8.42 Å². The molecule has 4 heteroatoms. The van der Waals surface area contributed by atoms with Gasteiger partial charge in [-0.1, -0.05) is 11.6 Å². The van der Waals surface area contributed by atoms with Gasteiger partial charge in [-0.2, -0.15) is 0 Å². The Morgan fingerprint density at radius 3 is 2.45 bits per heavy atom. The smallest absolute Gasteiger partial charge is 0.155 e. The molecule has 66 valence electrons. The zero-order valence-corrected chi connectivity index (χ0v) is 7.82. The summed E-state index contributed by atoms with van der Waals surface area (Å²) in [5.41, 5.74) is 6.01. The van der Waals surface area contributed by atoms with E-state index >= 15 is 0 Å². The maximum absolute atomic E-state index is 11.1. The molecule has 0 aromatic heterocycles. The van der Waals surface area contributed by atoms with E-state index in [1.54, 1.807) is 13.0 Å². The van der Waals surface area contributed by atoms with Gasteiger partial charge in [0.1, 0.15) is 0 Å². The summed E-state index contributed by atoms with van der Waals surface area (Å²) >= 11 is 0. The molecule has 0 aliphatic rings. The van der Waals surface area contributed by atoms with Crippen molar-refractivity contribution in [3.63, 3.8) is 0 Å². The Bertz CT molecular complexity index is 229. The molecule has 0 unspecified atom stereocenters. The van der Waals surface area contributed by atoms with Crippen molar-refractivity contribution >= 4 is 9.84 Å². The summed E-state index contributed by atoms with van der Waals surface area (Å²) in [7, 11) is -2.94. The van der Waals surface area contributed by atoms with E-state index in [0.717, 1.165) is 5.57 Å². The van der Waals surface area contributed by atoms with Crippen LogP contribution in [0.5, 0.6) is 0 Å². The molecule has 0 saturated carbocycles. The van der Waals surface area contributed by atoms with Gasteiger partial charge in [0.2, 0.25) is 0 Å². The van der Waals surface area contributed by atoms with Crippen molar-refractivity contribution in [3.05, 3.63) is 11.6 Å². The largest absolute Gasteiger partial charge is 0.329 e. The van der Waals surface area contributed by atoms with Crippen LogP contribution < -0.4 is 5.73 Å². The van der Waals surface area contributed by atoms with Gasteiger partial charge in [0.05, 0.1) is 11.5 Å². The van der Waals surface area contributed by atoms with Crippen molar-refractivity contribution in [1.82, 2.24) is 0 Å². The first-order valence-electron chi connectivity index (χ1n) is 3.54. The SMILES string of the molecule is CC=C(C)CS(=O)(=O)CCN. The highest BCUT2D eigenvalue weighted by molar-refractivity contribution is 7.91. The topological polar surface area (TPSA) is 60.2 Å². The second-order valence-electron chi connectivity index (χ2n) is 2.52.